The maximum atomic E-state index is 13.0. The molecule has 2 heterocycles. The van der Waals surface area contributed by atoms with Crippen molar-refractivity contribution in [2.75, 3.05) is 20.2 Å². The summed E-state index contributed by atoms with van der Waals surface area (Å²) in [5.74, 6) is 1.93. The highest BCUT2D eigenvalue weighted by atomic mass is 16.6. The van der Waals surface area contributed by atoms with E-state index in [1.165, 1.54) is 51.5 Å². The first-order valence-corrected chi connectivity index (χ1v) is 11.6. The van der Waals surface area contributed by atoms with Gasteiger partial charge in [0.15, 0.2) is 0 Å². The number of hydrogen-bond donors (Lipinski definition) is 0. The average molecular weight is 378 g/mol. The SMILES string of the molecule is COC1CCC(CC(=O)O[C@@]2(C3CCCCC3)CN3CCC(C)C[C@H]32)CC1. The van der Waals surface area contributed by atoms with E-state index in [2.05, 4.69) is 11.8 Å². The van der Waals surface area contributed by atoms with E-state index < -0.39 is 0 Å². The van der Waals surface area contributed by atoms with Gasteiger partial charge in [-0.15, -0.1) is 0 Å². The largest absolute Gasteiger partial charge is 0.456 e. The Kier molecular flexibility index (Phi) is 6.13. The average Bonchev–Trinajstić information content (AvgIpc) is 2.69. The van der Waals surface area contributed by atoms with Crippen molar-refractivity contribution < 1.29 is 14.3 Å². The van der Waals surface area contributed by atoms with Gasteiger partial charge >= 0.3 is 5.97 Å². The molecule has 0 aromatic carbocycles. The fraction of sp³-hybridized carbons (Fsp3) is 0.957. The highest BCUT2D eigenvalue weighted by Gasteiger charge is 2.60. The minimum Gasteiger partial charge on any atom is -0.456 e. The summed E-state index contributed by atoms with van der Waals surface area (Å²) in [6.45, 7) is 4.56. The molecule has 0 aromatic rings. The topological polar surface area (TPSA) is 38.8 Å². The first kappa shape index (κ1) is 19.7. The molecule has 0 radical (unpaired) electrons. The van der Waals surface area contributed by atoms with Gasteiger partial charge in [0, 0.05) is 26.0 Å². The fourth-order valence-electron chi connectivity index (χ4n) is 6.44. The molecule has 0 bridgehead atoms. The Morgan fingerprint density at radius 3 is 2.48 bits per heavy atom. The lowest BCUT2D eigenvalue weighted by Crippen LogP contribution is -2.75. The van der Waals surface area contributed by atoms with Crippen molar-refractivity contribution >= 4 is 5.97 Å². The Morgan fingerprint density at radius 2 is 1.78 bits per heavy atom. The third-order valence-corrected chi connectivity index (χ3v) is 8.17. The monoisotopic (exact) mass is 377 g/mol. The molecule has 4 heteroatoms. The van der Waals surface area contributed by atoms with Gasteiger partial charge in [0.05, 0.1) is 12.1 Å². The van der Waals surface area contributed by atoms with Crippen LogP contribution in [0.5, 0.6) is 0 Å². The van der Waals surface area contributed by atoms with Crippen molar-refractivity contribution in [1.29, 1.82) is 0 Å². The summed E-state index contributed by atoms with van der Waals surface area (Å²) in [5.41, 5.74) is -0.171. The van der Waals surface area contributed by atoms with Gasteiger partial charge in [-0.05, 0) is 69.7 Å². The molecule has 27 heavy (non-hydrogen) atoms. The quantitative estimate of drug-likeness (QED) is 0.659. The van der Waals surface area contributed by atoms with Crippen molar-refractivity contribution in [3.63, 3.8) is 0 Å². The second-order valence-electron chi connectivity index (χ2n) is 9.96. The van der Waals surface area contributed by atoms with Gasteiger partial charge in [-0.25, -0.2) is 0 Å². The zero-order valence-electron chi connectivity index (χ0n) is 17.5. The van der Waals surface area contributed by atoms with E-state index in [4.69, 9.17) is 9.47 Å². The van der Waals surface area contributed by atoms with Gasteiger partial charge in [0.1, 0.15) is 5.60 Å². The third kappa shape index (κ3) is 4.07. The van der Waals surface area contributed by atoms with Crippen LogP contribution in [-0.4, -0.2) is 48.8 Å². The molecular weight excluding hydrogens is 338 g/mol. The van der Waals surface area contributed by atoms with Crippen molar-refractivity contribution in [1.82, 2.24) is 4.90 Å². The normalized spacial score (nSPS) is 40.8. The maximum absolute atomic E-state index is 13.0. The zero-order valence-corrected chi connectivity index (χ0v) is 17.5. The predicted molar refractivity (Wildman–Crippen MR) is 107 cm³/mol. The van der Waals surface area contributed by atoms with E-state index in [9.17, 15) is 4.79 Å². The molecule has 0 N–H and O–H groups in total. The molecule has 2 saturated heterocycles. The van der Waals surface area contributed by atoms with E-state index in [-0.39, 0.29) is 11.6 Å². The van der Waals surface area contributed by atoms with Gasteiger partial charge in [-0.1, -0.05) is 26.2 Å². The van der Waals surface area contributed by atoms with E-state index >= 15 is 0 Å². The van der Waals surface area contributed by atoms with Crippen LogP contribution in [0.1, 0.15) is 84.0 Å². The van der Waals surface area contributed by atoms with Crippen LogP contribution in [-0.2, 0) is 14.3 Å². The standard InChI is InChI=1S/C23H39NO3/c1-17-12-13-24-16-23(21(24)14-17,19-6-4-3-5-7-19)27-22(25)15-18-8-10-20(26-2)11-9-18/h17-21H,3-16H2,1-2H3/t17?,18?,20?,21-,23+/m0/s1. The summed E-state index contributed by atoms with van der Waals surface area (Å²) in [4.78, 5) is 15.6. The number of rotatable bonds is 5. The molecule has 2 aliphatic heterocycles. The highest BCUT2D eigenvalue weighted by molar-refractivity contribution is 5.70. The first-order valence-electron chi connectivity index (χ1n) is 11.6. The molecule has 3 atom stereocenters. The smallest absolute Gasteiger partial charge is 0.306 e. The van der Waals surface area contributed by atoms with Gasteiger partial charge in [0.2, 0.25) is 0 Å². The summed E-state index contributed by atoms with van der Waals surface area (Å²) in [6.07, 6.45) is 14.4. The van der Waals surface area contributed by atoms with E-state index in [0.29, 0.717) is 30.4 Å². The van der Waals surface area contributed by atoms with E-state index in [1.807, 2.05) is 0 Å². The number of esters is 1. The maximum Gasteiger partial charge on any atom is 0.306 e. The summed E-state index contributed by atoms with van der Waals surface area (Å²) in [7, 11) is 1.81. The first-order chi connectivity index (χ1) is 13.1. The number of carbonyl (C=O) groups is 1. The minimum atomic E-state index is -0.171. The second-order valence-corrected chi connectivity index (χ2v) is 9.96. The lowest BCUT2D eigenvalue weighted by molar-refractivity contribution is -0.233. The summed E-state index contributed by atoms with van der Waals surface area (Å²) in [5, 5.41) is 0. The van der Waals surface area contributed by atoms with Crippen LogP contribution < -0.4 is 0 Å². The van der Waals surface area contributed by atoms with Crippen LogP contribution in [0, 0.1) is 17.8 Å². The molecular formula is C23H39NO3. The summed E-state index contributed by atoms with van der Waals surface area (Å²) < 4.78 is 12.0. The predicted octanol–water partition coefficient (Wildman–Crippen LogP) is 4.56. The van der Waals surface area contributed by atoms with Crippen LogP contribution in [0.3, 0.4) is 0 Å². The minimum absolute atomic E-state index is 0.0827. The van der Waals surface area contributed by atoms with Crippen molar-refractivity contribution in [3.05, 3.63) is 0 Å². The molecule has 2 aliphatic carbocycles. The Hall–Kier alpha value is -0.610. The molecule has 0 spiro atoms. The Balaban J connectivity index is 1.40. The van der Waals surface area contributed by atoms with Crippen LogP contribution in [0.4, 0.5) is 0 Å². The fourth-order valence-corrected chi connectivity index (χ4v) is 6.44. The number of carbonyl (C=O) groups excluding carboxylic acids is 1. The molecule has 1 unspecified atom stereocenters. The number of hydrogen-bond acceptors (Lipinski definition) is 4. The second kappa shape index (κ2) is 8.41. The Bertz CT molecular complexity index is 510. The van der Waals surface area contributed by atoms with Crippen LogP contribution in [0.2, 0.25) is 0 Å². The number of methoxy groups -OCH3 is 1. The molecule has 154 valence electrons. The van der Waals surface area contributed by atoms with Gasteiger partial charge in [-0.2, -0.15) is 0 Å². The van der Waals surface area contributed by atoms with E-state index in [0.717, 1.165) is 38.1 Å². The third-order valence-electron chi connectivity index (χ3n) is 8.17. The number of fused-ring (bicyclic) bond motifs is 1. The number of nitrogens with zero attached hydrogens (tertiary/aromatic N) is 1. The van der Waals surface area contributed by atoms with Gasteiger partial charge in [0.25, 0.3) is 0 Å². The van der Waals surface area contributed by atoms with Gasteiger partial charge in [-0.3, -0.25) is 9.69 Å². The summed E-state index contributed by atoms with van der Waals surface area (Å²) in [6, 6.07) is 0.484. The molecule has 4 aliphatic rings. The Labute approximate surface area is 165 Å². The number of ether oxygens (including phenoxy) is 2. The lowest BCUT2D eigenvalue weighted by atomic mass is 9.64. The van der Waals surface area contributed by atoms with Crippen LogP contribution in [0.25, 0.3) is 0 Å². The lowest BCUT2D eigenvalue weighted by Gasteiger charge is -2.62. The molecule has 0 aromatic heterocycles. The van der Waals surface area contributed by atoms with E-state index in [1.54, 1.807) is 7.11 Å². The number of piperidine rings is 1. The van der Waals surface area contributed by atoms with Crippen molar-refractivity contribution in [2.24, 2.45) is 17.8 Å². The highest BCUT2D eigenvalue weighted by Crippen LogP contribution is 2.49. The van der Waals surface area contributed by atoms with Gasteiger partial charge < -0.3 is 9.47 Å². The Morgan fingerprint density at radius 1 is 1.04 bits per heavy atom. The molecule has 4 nitrogen and oxygen atoms in total. The van der Waals surface area contributed by atoms with Crippen LogP contribution in [0.15, 0.2) is 0 Å². The molecule has 4 fully saturated rings. The molecule has 0 amide bonds. The molecule has 2 saturated carbocycles. The molecule has 4 rings (SSSR count). The van der Waals surface area contributed by atoms with Crippen LogP contribution >= 0.6 is 0 Å². The van der Waals surface area contributed by atoms with Crippen molar-refractivity contribution in [3.8, 4) is 0 Å². The summed E-state index contributed by atoms with van der Waals surface area (Å²) >= 11 is 0. The van der Waals surface area contributed by atoms with Crippen molar-refractivity contribution in [2.45, 2.75) is 102 Å². The zero-order chi connectivity index (χ0) is 18.9.